The third-order valence-corrected chi connectivity index (χ3v) is 3.41. The van der Waals surface area contributed by atoms with Gasteiger partial charge >= 0.3 is 0 Å². The van der Waals surface area contributed by atoms with Crippen molar-refractivity contribution in [3.63, 3.8) is 0 Å². The zero-order chi connectivity index (χ0) is 12.6. The maximum atomic E-state index is 5.66. The van der Waals surface area contributed by atoms with E-state index in [1.54, 1.807) is 0 Å². The average Bonchev–Trinajstić information content (AvgIpc) is 2.65. The van der Waals surface area contributed by atoms with Crippen molar-refractivity contribution in [2.75, 3.05) is 0 Å². The fraction of sp³-hybridized carbons (Fsp3) is 0.357. The summed E-state index contributed by atoms with van der Waals surface area (Å²) in [6.45, 7) is 8.95. The SMILES string of the molecule is Cc1cc(C)c(-c2n[nH]c(CN)c2C)cc1C. The summed E-state index contributed by atoms with van der Waals surface area (Å²) in [6, 6.07) is 4.41. The van der Waals surface area contributed by atoms with Gasteiger partial charge in [-0.3, -0.25) is 5.10 Å². The van der Waals surface area contributed by atoms with Crippen molar-refractivity contribution in [1.82, 2.24) is 10.2 Å². The first kappa shape index (κ1) is 11.9. The lowest BCUT2D eigenvalue weighted by molar-refractivity contribution is 0.941. The zero-order valence-corrected chi connectivity index (χ0v) is 10.9. The minimum Gasteiger partial charge on any atom is -0.325 e. The molecule has 0 unspecified atom stereocenters. The van der Waals surface area contributed by atoms with Gasteiger partial charge < -0.3 is 5.73 Å². The van der Waals surface area contributed by atoms with Crippen LogP contribution in [0.15, 0.2) is 12.1 Å². The summed E-state index contributed by atoms with van der Waals surface area (Å²) in [5.41, 5.74) is 13.9. The number of hydrogen-bond donors (Lipinski definition) is 2. The van der Waals surface area contributed by atoms with Gasteiger partial charge in [0.1, 0.15) is 0 Å². The highest BCUT2D eigenvalue weighted by Crippen LogP contribution is 2.28. The highest BCUT2D eigenvalue weighted by Gasteiger charge is 2.12. The van der Waals surface area contributed by atoms with Crippen molar-refractivity contribution in [2.24, 2.45) is 5.73 Å². The van der Waals surface area contributed by atoms with E-state index in [2.05, 4.69) is 50.0 Å². The third-order valence-electron chi connectivity index (χ3n) is 3.41. The Morgan fingerprint density at radius 2 is 1.71 bits per heavy atom. The molecule has 0 bridgehead atoms. The van der Waals surface area contributed by atoms with Crippen LogP contribution in [0.2, 0.25) is 0 Å². The molecule has 0 radical (unpaired) electrons. The van der Waals surface area contributed by atoms with Crippen LogP contribution in [0.4, 0.5) is 0 Å². The standard InChI is InChI=1S/C14H19N3/c1-8-5-10(3)12(6-9(8)2)14-11(4)13(7-15)16-17-14/h5-6H,7,15H2,1-4H3,(H,16,17). The zero-order valence-electron chi connectivity index (χ0n) is 10.9. The number of nitrogens with zero attached hydrogens (tertiary/aromatic N) is 1. The van der Waals surface area contributed by atoms with Gasteiger partial charge in [0, 0.05) is 12.1 Å². The Hall–Kier alpha value is -1.61. The quantitative estimate of drug-likeness (QED) is 0.832. The largest absolute Gasteiger partial charge is 0.325 e. The molecule has 1 aromatic carbocycles. The molecule has 0 atom stereocenters. The predicted molar refractivity (Wildman–Crippen MR) is 70.9 cm³/mol. The second-order valence-electron chi connectivity index (χ2n) is 4.63. The monoisotopic (exact) mass is 229 g/mol. The predicted octanol–water partition coefficient (Wildman–Crippen LogP) is 2.77. The first-order chi connectivity index (χ1) is 8.04. The van der Waals surface area contributed by atoms with Crippen molar-refractivity contribution < 1.29 is 0 Å². The van der Waals surface area contributed by atoms with Crippen LogP contribution in [0.25, 0.3) is 11.3 Å². The molecule has 17 heavy (non-hydrogen) atoms. The van der Waals surface area contributed by atoms with Crippen LogP contribution in [0.5, 0.6) is 0 Å². The van der Waals surface area contributed by atoms with E-state index in [9.17, 15) is 0 Å². The molecule has 1 heterocycles. The molecule has 0 aliphatic carbocycles. The molecule has 2 rings (SSSR count). The molecular formula is C14H19N3. The van der Waals surface area contributed by atoms with Crippen LogP contribution >= 0.6 is 0 Å². The summed E-state index contributed by atoms with van der Waals surface area (Å²) in [5.74, 6) is 0. The van der Waals surface area contributed by atoms with Crippen molar-refractivity contribution in [3.8, 4) is 11.3 Å². The molecule has 0 aliphatic heterocycles. The molecule has 3 nitrogen and oxygen atoms in total. The number of rotatable bonds is 2. The van der Waals surface area contributed by atoms with E-state index in [0.29, 0.717) is 6.54 Å². The number of nitrogens with two attached hydrogens (primary N) is 1. The van der Waals surface area contributed by atoms with Gasteiger partial charge in [0.2, 0.25) is 0 Å². The summed E-state index contributed by atoms with van der Waals surface area (Å²) in [6.07, 6.45) is 0. The van der Waals surface area contributed by atoms with Gasteiger partial charge in [0.15, 0.2) is 0 Å². The fourth-order valence-corrected chi connectivity index (χ4v) is 2.11. The van der Waals surface area contributed by atoms with Gasteiger partial charge in [0.05, 0.1) is 11.4 Å². The van der Waals surface area contributed by atoms with Gasteiger partial charge in [-0.15, -0.1) is 0 Å². The van der Waals surface area contributed by atoms with Gasteiger partial charge in [-0.2, -0.15) is 5.10 Å². The van der Waals surface area contributed by atoms with Crippen LogP contribution in [0, 0.1) is 27.7 Å². The third kappa shape index (κ3) is 1.98. The molecule has 0 spiro atoms. The van der Waals surface area contributed by atoms with Crippen molar-refractivity contribution in [1.29, 1.82) is 0 Å². The Morgan fingerprint density at radius 3 is 2.29 bits per heavy atom. The average molecular weight is 229 g/mol. The Labute approximate surface area is 102 Å². The topological polar surface area (TPSA) is 54.7 Å². The van der Waals surface area contributed by atoms with E-state index in [0.717, 1.165) is 17.0 Å². The molecule has 0 aliphatic rings. The van der Waals surface area contributed by atoms with E-state index < -0.39 is 0 Å². The summed E-state index contributed by atoms with van der Waals surface area (Å²) >= 11 is 0. The molecule has 0 amide bonds. The van der Waals surface area contributed by atoms with Crippen LogP contribution in [0.3, 0.4) is 0 Å². The Morgan fingerprint density at radius 1 is 1.06 bits per heavy atom. The minimum absolute atomic E-state index is 0.503. The number of aromatic nitrogens is 2. The number of hydrogen-bond acceptors (Lipinski definition) is 2. The Kier molecular flexibility index (Phi) is 3.03. The molecule has 0 saturated heterocycles. The smallest absolute Gasteiger partial charge is 0.0955 e. The Balaban J connectivity index is 2.60. The normalized spacial score (nSPS) is 10.9. The van der Waals surface area contributed by atoms with Crippen molar-refractivity contribution in [2.45, 2.75) is 34.2 Å². The first-order valence-electron chi connectivity index (χ1n) is 5.86. The lowest BCUT2D eigenvalue weighted by Gasteiger charge is -2.08. The molecule has 0 saturated carbocycles. The molecule has 90 valence electrons. The number of aryl methyl sites for hydroxylation is 3. The summed E-state index contributed by atoms with van der Waals surface area (Å²) < 4.78 is 0. The van der Waals surface area contributed by atoms with E-state index in [4.69, 9.17) is 5.73 Å². The maximum Gasteiger partial charge on any atom is 0.0955 e. The highest BCUT2D eigenvalue weighted by molar-refractivity contribution is 5.68. The number of aromatic amines is 1. The van der Waals surface area contributed by atoms with Crippen LogP contribution < -0.4 is 5.73 Å². The number of benzene rings is 1. The van der Waals surface area contributed by atoms with Gasteiger partial charge in [-0.25, -0.2) is 0 Å². The van der Waals surface area contributed by atoms with Crippen LogP contribution in [0.1, 0.15) is 27.9 Å². The Bertz CT molecular complexity index is 553. The first-order valence-corrected chi connectivity index (χ1v) is 5.86. The van der Waals surface area contributed by atoms with Gasteiger partial charge in [0.25, 0.3) is 0 Å². The summed E-state index contributed by atoms with van der Waals surface area (Å²) in [7, 11) is 0. The van der Waals surface area contributed by atoms with Crippen molar-refractivity contribution in [3.05, 3.63) is 40.1 Å². The molecule has 1 aromatic heterocycles. The molecule has 2 aromatic rings. The maximum absolute atomic E-state index is 5.66. The lowest BCUT2D eigenvalue weighted by Crippen LogP contribution is -1.98. The second kappa shape index (κ2) is 4.34. The van der Waals surface area contributed by atoms with Crippen LogP contribution in [-0.4, -0.2) is 10.2 Å². The molecular weight excluding hydrogens is 210 g/mol. The van der Waals surface area contributed by atoms with E-state index in [1.807, 2.05) is 0 Å². The highest BCUT2D eigenvalue weighted by atomic mass is 15.1. The molecule has 0 fully saturated rings. The minimum atomic E-state index is 0.503. The van der Waals surface area contributed by atoms with E-state index in [1.165, 1.54) is 22.3 Å². The number of nitrogens with one attached hydrogen (secondary N) is 1. The van der Waals surface area contributed by atoms with Crippen molar-refractivity contribution >= 4 is 0 Å². The number of H-pyrrole nitrogens is 1. The lowest BCUT2D eigenvalue weighted by atomic mass is 9.97. The van der Waals surface area contributed by atoms with Crippen LogP contribution in [-0.2, 0) is 6.54 Å². The van der Waals surface area contributed by atoms with E-state index in [-0.39, 0.29) is 0 Å². The van der Waals surface area contributed by atoms with E-state index >= 15 is 0 Å². The fourth-order valence-electron chi connectivity index (χ4n) is 2.11. The summed E-state index contributed by atoms with van der Waals surface area (Å²) in [4.78, 5) is 0. The molecule has 3 heteroatoms. The second-order valence-corrected chi connectivity index (χ2v) is 4.63. The van der Waals surface area contributed by atoms with Gasteiger partial charge in [-0.05, 0) is 56.0 Å². The van der Waals surface area contributed by atoms with Gasteiger partial charge in [-0.1, -0.05) is 6.07 Å². The summed E-state index contributed by atoms with van der Waals surface area (Å²) in [5, 5.41) is 7.39. The molecule has 3 N–H and O–H groups in total.